The summed E-state index contributed by atoms with van der Waals surface area (Å²) in [5.41, 5.74) is 1.63. The van der Waals surface area contributed by atoms with Crippen molar-refractivity contribution in [2.45, 2.75) is 12.8 Å². The summed E-state index contributed by atoms with van der Waals surface area (Å²) in [4.78, 5) is 11.6. The van der Waals surface area contributed by atoms with Gasteiger partial charge in [0.15, 0.2) is 0 Å². The third kappa shape index (κ3) is 6.44. The molecule has 0 amide bonds. The van der Waals surface area contributed by atoms with Crippen molar-refractivity contribution in [1.82, 2.24) is 0 Å². The molecule has 0 spiro atoms. The second-order valence-corrected chi connectivity index (χ2v) is 4.90. The average molecular weight is 351 g/mol. The molecule has 0 radical (unpaired) electrons. The van der Waals surface area contributed by atoms with Gasteiger partial charge in [-0.05, 0) is 23.8 Å². The van der Waals surface area contributed by atoms with Crippen LogP contribution in [0.5, 0.6) is 0 Å². The van der Waals surface area contributed by atoms with Crippen molar-refractivity contribution in [2.75, 3.05) is 0 Å². The first kappa shape index (κ1) is 18.4. The molecule has 0 bridgehead atoms. The molecular formula is C19H15ClFeO. The van der Waals surface area contributed by atoms with Crippen LogP contribution < -0.4 is 0 Å². The molecule has 3 heteroatoms. The van der Waals surface area contributed by atoms with Crippen molar-refractivity contribution < 1.29 is 21.9 Å². The molecular weight excluding hydrogens is 336 g/mol. The average Bonchev–Trinajstić information content (AvgIpc) is 3.19. The van der Waals surface area contributed by atoms with E-state index >= 15 is 0 Å². The molecule has 0 aromatic heterocycles. The third-order valence-electron chi connectivity index (χ3n) is 2.84. The first-order valence-electron chi connectivity index (χ1n) is 6.72. The number of halogens is 1. The van der Waals surface area contributed by atoms with Gasteiger partial charge in [0.05, 0.1) is 0 Å². The van der Waals surface area contributed by atoms with Gasteiger partial charge in [-0.3, -0.25) is 12.2 Å². The minimum Gasteiger partial charge on any atom is -0.311 e. The van der Waals surface area contributed by atoms with Crippen molar-refractivity contribution in [1.29, 1.82) is 0 Å². The van der Waals surface area contributed by atoms with Crippen LogP contribution in [0, 0.1) is 12.2 Å². The molecule has 0 saturated heterocycles. The molecule has 0 aliphatic heterocycles. The maximum absolute atomic E-state index is 11.6. The van der Waals surface area contributed by atoms with Crippen LogP contribution in [0.25, 0.3) is 6.08 Å². The minimum absolute atomic E-state index is 0. The van der Waals surface area contributed by atoms with Gasteiger partial charge in [-0.15, -0.1) is 18.4 Å². The number of hydrogen-bond acceptors (Lipinski definition) is 1. The van der Waals surface area contributed by atoms with Gasteiger partial charge in [0, 0.05) is 5.02 Å². The van der Waals surface area contributed by atoms with Gasteiger partial charge in [-0.1, -0.05) is 29.8 Å². The molecule has 0 fully saturated rings. The van der Waals surface area contributed by atoms with E-state index in [4.69, 9.17) is 11.6 Å². The van der Waals surface area contributed by atoms with E-state index in [1.807, 2.05) is 36.4 Å². The minimum atomic E-state index is 0. The summed E-state index contributed by atoms with van der Waals surface area (Å²) >= 11 is 5.84. The number of benzene rings is 1. The third-order valence-corrected chi connectivity index (χ3v) is 3.08. The standard InChI is InChI=1S/C14H10ClO.C5H5.Fe/c15-13-7-3-4-11(10-13)8-9-14(16)12-5-1-2-6-12;1-2-4-5-3-1;/h3-10H,1H2;1-3H,4H2;/q2*-1;+2/b9-8+;;. The predicted molar refractivity (Wildman–Crippen MR) is 87.6 cm³/mol. The Morgan fingerprint density at radius 3 is 2.64 bits per heavy atom. The molecule has 1 aromatic carbocycles. The summed E-state index contributed by atoms with van der Waals surface area (Å²) in [5, 5.41) is 0.669. The van der Waals surface area contributed by atoms with Crippen LogP contribution in [-0.4, -0.2) is 5.78 Å². The molecule has 1 aromatic rings. The number of ketones is 1. The van der Waals surface area contributed by atoms with E-state index in [1.54, 1.807) is 24.3 Å². The summed E-state index contributed by atoms with van der Waals surface area (Å²) in [7, 11) is 0. The van der Waals surface area contributed by atoms with Crippen LogP contribution in [0.15, 0.2) is 66.3 Å². The number of allylic oxidation sites excluding steroid dienone is 9. The summed E-state index contributed by atoms with van der Waals surface area (Å²) in [6.45, 7) is 0. The van der Waals surface area contributed by atoms with Crippen molar-refractivity contribution in [3.63, 3.8) is 0 Å². The van der Waals surface area contributed by atoms with E-state index in [9.17, 15) is 4.79 Å². The molecule has 2 aliphatic carbocycles. The Hall–Kier alpha value is -1.60. The van der Waals surface area contributed by atoms with Crippen molar-refractivity contribution >= 4 is 23.5 Å². The largest absolute Gasteiger partial charge is 2.00 e. The van der Waals surface area contributed by atoms with E-state index in [-0.39, 0.29) is 22.9 Å². The van der Waals surface area contributed by atoms with Crippen molar-refractivity contribution in [3.8, 4) is 0 Å². The van der Waals surface area contributed by atoms with E-state index in [0.717, 1.165) is 18.4 Å². The summed E-state index contributed by atoms with van der Waals surface area (Å²) in [5.74, 6) is 0.00461. The maximum Gasteiger partial charge on any atom is 2.00 e. The predicted octanol–water partition coefficient (Wildman–Crippen LogP) is 4.91. The quantitative estimate of drug-likeness (QED) is 0.430. The van der Waals surface area contributed by atoms with Gasteiger partial charge in [-0.2, -0.15) is 12.2 Å². The Morgan fingerprint density at radius 1 is 1.23 bits per heavy atom. The molecule has 0 atom stereocenters. The second-order valence-electron chi connectivity index (χ2n) is 4.47. The van der Waals surface area contributed by atoms with Gasteiger partial charge in [0.2, 0.25) is 0 Å². The first-order chi connectivity index (χ1) is 10.3. The fourth-order valence-electron chi connectivity index (χ4n) is 1.79. The van der Waals surface area contributed by atoms with Crippen LogP contribution in [0.1, 0.15) is 18.4 Å². The molecule has 22 heavy (non-hydrogen) atoms. The summed E-state index contributed by atoms with van der Waals surface area (Å²) < 4.78 is 0. The molecule has 0 unspecified atom stereocenters. The number of carbonyl (C=O) groups is 1. The van der Waals surface area contributed by atoms with Gasteiger partial charge in [0.1, 0.15) is 5.78 Å². The Morgan fingerprint density at radius 2 is 2.09 bits per heavy atom. The zero-order valence-electron chi connectivity index (χ0n) is 11.9. The van der Waals surface area contributed by atoms with Crippen LogP contribution in [0.2, 0.25) is 5.02 Å². The van der Waals surface area contributed by atoms with Crippen molar-refractivity contribution in [3.05, 3.63) is 89.0 Å². The van der Waals surface area contributed by atoms with Crippen LogP contribution in [0.3, 0.4) is 0 Å². The Bertz CT molecular complexity index is 641. The number of hydrogen-bond donors (Lipinski definition) is 0. The first-order valence-corrected chi connectivity index (χ1v) is 7.10. The molecule has 0 N–H and O–H groups in total. The number of carbonyl (C=O) groups excluding carboxylic acids is 1. The topological polar surface area (TPSA) is 17.1 Å². The molecule has 3 rings (SSSR count). The van der Waals surface area contributed by atoms with E-state index < -0.39 is 0 Å². The maximum atomic E-state index is 11.6. The zero-order chi connectivity index (χ0) is 14.9. The normalized spacial score (nSPS) is 14.5. The van der Waals surface area contributed by atoms with Gasteiger partial charge in [-0.25, -0.2) is 18.2 Å². The van der Waals surface area contributed by atoms with E-state index in [0.29, 0.717) is 10.6 Å². The Kier molecular flexibility index (Phi) is 8.54. The SMILES string of the molecule is O=C(/C=C/c1cccc(Cl)c1)C1=CC[C-]=C1.[C-]1=CC=CC1.[Fe+2]. The molecule has 0 saturated carbocycles. The Balaban J connectivity index is 0.000000344. The van der Waals surface area contributed by atoms with Crippen LogP contribution in [-0.2, 0) is 21.9 Å². The van der Waals surface area contributed by atoms with Gasteiger partial charge >= 0.3 is 17.1 Å². The summed E-state index contributed by atoms with van der Waals surface area (Å²) in [6.07, 6.45) is 20.6. The fourth-order valence-corrected chi connectivity index (χ4v) is 1.99. The summed E-state index contributed by atoms with van der Waals surface area (Å²) in [6, 6.07) is 7.38. The van der Waals surface area contributed by atoms with Crippen molar-refractivity contribution in [2.24, 2.45) is 0 Å². The van der Waals surface area contributed by atoms with Gasteiger partial charge in [0.25, 0.3) is 0 Å². The molecule has 0 heterocycles. The molecule has 112 valence electrons. The van der Waals surface area contributed by atoms with E-state index in [2.05, 4.69) is 18.2 Å². The van der Waals surface area contributed by atoms with Gasteiger partial charge < -0.3 is 4.79 Å². The Labute approximate surface area is 147 Å². The number of rotatable bonds is 3. The monoisotopic (exact) mass is 350 g/mol. The molecule has 1 nitrogen and oxygen atoms in total. The fraction of sp³-hybridized carbons (Fsp3) is 0.105. The van der Waals surface area contributed by atoms with Crippen LogP contribution in [0.4, 0.5) is 0 Å². The zero-order valence-corrected chi connectivity index (χ0v) is 13.8. The molecule has 2 aliphatic rings. The van der Waals surface area contributed by atoms with Crippen LogP contribution >= 0.6 is 11.6 Å². The van der Waals surface area contributed by atoms with E-state index in [1.165, 1.54) is 0 Å². The smallest absolute Gasteiger partial charge is 0.311 e. The second kappa shape index (κ2) is 10.2.